The number of nitrogens with one attached hydrogen (secondary N) is 1. The Morgan fingerprint density at radius 1 is 1.00 bits per heavy atom. The fourth-order valence-electron chi connectivity index (χ4n) is 4.43. The minimum Gasteiger partial charge on any atom is -0.493 e. The average molecular weight is 481 g/mol. The van der Waals surface area contributed by atoms with Crippen molar-refractivity contribution in [2.24, 2.45) is 0 Å². The van der Waals surface area contributed by atoms with Crippen LogP contribution in [0, 0.1) is 0 Å². The molecule has 0 aliphatic carbocycles. The molecule has 0 fully saturated rings. The molecule has 3 rings (SSSR count). The van der Waals surface area contributed by atoms with Gasteiger partial charge in [0.25, 0.3) is 0 Å². The standard InChI is InChI=1S/C27H36N4O4/c1-18(2)31(19(3)4)27(33)17-30-22-10-8-7-9-21(22)29-25(30)13-14-28-26(32)16-20-11-12-23(34-5)24(15-20)35-6/h7-12,15,18-19H,13-14,16-17H2,1-6H3,(H,28,32). The minimum absolute atomic E-state index is 0.0527. The van der Waals surface area contributed by atoms with Gasteiger partial charge in [-0.05, 0) is 57.5 Å². The van der Waals surface area contributed by atoms with E-state index in [4.69, 9.17) is 14.5 Å². The van der Waals surface area contributed by atoms with Gasteiger partial charge in [-0.15, -0.1) is 0 Å². The number of benzene rings is 2. The molecule has 8 nitrogen and oxygen atoms in total. The summed E-state index contributed by atoms with van der Waals surface area (Å²) in [5.74, 6) is 1.95. The fourth-order valence-corrected chi connectivity index (χ4v) is 4.43. The molecule has 0 aliphatic rings. The van der Waals surface area contributed by atoms with Gasteiger partial charge in [-0.3, -0.25) is 9.59 Å². The van der Waals surface area contributed by atoms with Crippen molar-refractivity contribution in [1.82, 2.24) is 19.8 Å². The van der Waals surface area contributed by atoms with Crippen LogP contribution >= 0.6 is 0 Å². The molecule has 0 unspecified atom stereocenters. The van der Waals surface area contributed by atoms with Crippen LogP contribution in [0.5, 0.6) is 11.5 Å². The summed E-state index contributed by atoms with van der Waals surface area (Å²) in [5.41, 5.74) is 2.59. The Bertz CT molecular complexity index is 1160. The van der Waals surface area contributed by atoms with Gasteiger partial charge in [-0.1, -0.05) is 18.2 Å². The first-order chi connectivity index (χ1) is 16.7. The molecule has 2 aromatic carbocycles. The van der Waals surface area contributed by atoms with E-state index >= 15 is 0 Å². The third-order valence-corrected chi connectivity index (χ3v) is 5.91. The van der Waals surface area contributed by atoms with Crippen molar-refractivity contribution in [3.8, 4) is 11.5 Å². The molecule has 0 bridgehead atoms. The van der Waals surface area contributed by atoms with Crippen LogP contribution in [0.1, 0.15) is 39.1 Å². The van der Waals surface area contributed by atoms with Crippen LogP contribution in [0.4, 0.5) is 0 Å². The Kier molecular flexibility index (Phi) is 8.73. The van der Waals surface area contributed by atoms with Gasteiger partial charge in [0.1, 0.15) is 12.4 Å². The molecule has 35 heavy (non-hydrogen) atoms. The number of para-hydroxylation sites is 2. The van der Waals surface area contributed by atoms with Gasteiger partial charge < -0.3 is 24.3 Å². The zero-order valence-corrected chi connectivity index (χ0v) is 21.5. The molecule has 188 valence electrons. The number of hydrogen-bond donors (Lipinski definition) is 1. The third-order valence-electron chi connectivity index (χ3n) is 5.91. The number of aromatic nitrogens is 2. The highest BCUT2D eigenvalue weighted by atomic mass is 16.5. The number of methoxy groups -OCH3 is 2. The second kappa shape index (κ2) is 11.7. The van der Waals surface area contributed by atoms with Gasteiger partial charge in [-0.25, -0.2) is 4.98 Å². The Balaban J connectivity index is 1.69. The van der Waals surface area contributed by atoms with Crippen molar-refractivity contribution >= 4 is 22.8 Å². The van der Waals surface area contributed by atoms with Crippen LogP contribution < -0.4 is 14.8 Å². The van der Waals surface area contributed by atoms with Crippen LogP contribution in [0.2, 0.25) is 0 Å². The third kappa shape index (κ3) is 6.32. The number of imidazole rings is 1. The van der Waals surface area contributed by atoms with Crippen LogP contribution in [0.25, 0.3) is 11.0 Å². The Morgan fingerprint density at radius 2 is 1.69 bits per heavy atom. The molecule has 0 aliphatic heterocycles. The predicted octanol–water partition coefficient (Wildman–Crippen LogP) is 3.60. The number of hydrogen-bond acceptors (Lipinski definition) is 5. The van der Waals surface area contributed by atoms with Gasteiger partial charge in [0.15, 0.2) is 11.5 Å². The molecule has 2 amide bonds. The summed E-state index contributed by atoms with van der Waals surface area (Å²) in [5, 5.41) is 2.97. The van der Waals surface area contributed by atoms with Gasteiger partial charge in [0.05, 0.1) is 31.7 Å². The van der Waals surface area contributed by atoms with E-state index in [0.29, 0.717) is 24.5 Å². The molecule has 3 aromatic rings. The Morgan fingerprint density at radius 3 is 2.34 bits per heavy atom. The summed E-state index contributed by atoms with van der Waals surface area (Å²) in [6, 6.07) is 13.5. The van der Waals surface area contributed by atoms with Gasteiger partial charge in [0, 0.05) is 25.0 Å². The van der Waals surface area contributed by atoms with E-state index in [0.717, 1.165) is 22.4 Å². The van der Waals surface area contributed by atoms with E-state index in [1.54, 1.807) is 26.4 Å². The highest BCUT2D eigenvalue weighted by molar-refractivity contribution is 5.82. The Labute approximate surface area is 207 Å². The molecule has 0 saturated carbocycles. The predicted molar refractivity (Wildman–Crippen MR) is 137 cm³/mol. The lowest BCUT2D eigenvalue weighted by Crippen LogP contribution is -2.43. The summed E-state index contributed by atoms with van der Waals surface area (Å²) < 4.78 is 12.5. The maximum absolute atomic E-state index is 13.2. The largest absolute Gasteiger partial charge is 0.493 e. The van der Waals surface area contributed by atoms with E-state index in [1.807, 2.05) is 67.5 Å². The number of fused-ring (bicyclic) bond motifs is 1. The SMILES string of the molecule is COc1ccc(CC(=O)NCCc2nc3ccccc3n2CC(=O)N(C(C)C)C(C)C)cc1OC. The van der Waals surface area contributed by atoms with Crippen molar-refractivity contribution in [3.63, 3.8) is 0 Å². The molecule has 1 N–H and O–H groups in total. The van der Waals surface area contributed by atoms with E-state index in [9.17, 15) is 9.59 Å². The summed E-state index contributed by atoms with van der Waals surface area (Å²) in [7, 11) is 3.15. The zero-order chi connectivity index (χ0) is 25.5. The van der Waals surface area contributed by atoms with Crippen LogP contribution in [0.15, 0.2) is 42.5 Å². The van der Waals surface area contributed by atoms with Gasteiger partial charge >= 0.3 is 0 Å². The van der Waals surface area contributed by atoms with E-state index in [1.165, 1.54) is 0 Å². The van der Waals surface area contributed by atoms with E-state index in [2.05, 4.69) is 5.32 Å². The summed E-state index contributed by atoms with van der Waals surface area (Å²) >= 11 is 0. The van der Waals surface area contributed by atoms with Gasteiger partial charge in [-0.2, -0.15) is 0 Å². The first-order valence-electron chi connectivity index (χ1n) is 12.0. The second-order valence-electron chi connectivity index (χ2n) is 9.06. The molecular formula is C27H36N4O4. The van der Waals surface area contributed by atoms with Crippen LogP contribution in [-0.2, 0) is 29.0 Å². The number of ether oxygens (including phenoxy) is 2. The average Bonchev–Trinajstić information content (AvgIpc) is 3.15. The molecular weight excluding hydrogens is 444 g/mol. The summed E-state index contributed by atoms with van der Waals surface area (Å²) in [6.45, 7) is 8.74. The van der Waals surface area contributed by atoms with Crippen LogP contribution in [-0.4, -0.2) is 59.1 Å². The lowest BCUT2D eigenvalue weighted by molar-refractivity contribution is -0.135. The number of nitrogens with zero attached hydrogens (tertiary/aromatic N) is 3. The lowest BCUT2D eigenvalue weighted by Gasteiger charge is -2.31. The van der Waals surface area contributed by atoms with Crippen molar-refractivity contribution in [1.29, 1.82) is 0 Å². The highest BCUT2D eigenvalue weighted by Crippen LogP contribution is 2.27. The van der Waals surface area contributed by atoms with Crippen molar-refractivity contribution in [3.05, 3.63) is 53.9 Å². The number of carbonyl (C=O) groups excluding carboxylic acids is 2. The molecule has 0 radical (unpaired) electrons. The normalized spacial score (nSPS) is 11.2. The number of amides is 2. The Hall–Kier alpha value is -3.55. The maximum Gasteiger partial charge on any atom is 0.243 e. The van der Waals surface area contributed by atoms with Crippen molar-refractivity contribution in [2.45, 2.75) is 59.2 Å². The lowest BCUT2D eigenvalue weighted by atomic mass is 10.1. The zero-order valence-electron chi connectivity index (χ0n) is 21.5. The molecule has 0 saturated heterocycles. The topological polar surface area (TPSA) is 85.7 Å². The summed E-state index contributed by atoms with van der Waals surface area (Å²) in [6.07, 6.45) is 0.746. The first kappa shape index (κ1) is 26.1. The monoisotopic (exact) mass is 480 g/mol. The first-order valence-corrected chi connectivity index (χ1v) is 12.0. The smallest absolute Gasteiger partial charge is 0.243 e. The van der Waals surface area contributed by atoms with Crippen molar-refractivity contribution in [2.75, 3.05) is 20.8 Å². The second-order valence-corrected chi connectivity index (χ2v) is 9.06. The minimum atomic E-state index is -0.0956. The molecule has 8 heteroatoms. The molecule has 1 heterocycles. The van der Waals surface area contributed by atoms with E-state index in [-0.39, 0.29) is 36.9 Å². The molecule has 0 atom stereocenters. The number of carbonyl (C=O) groups is 2. The van der Waals surface area contributed by atoms with E-state index < -0.39 is 0 Å². The fraction of sp³-hybridized carbons (Fsp3) is 0.444. The molecule has 0 spiro atoms. The van der Waals surface area contributed by atoms with Gasteiger partial charge in [0.2, 0.25) is 11.8 Å². The van der Waals surface area contributed by atoms with Crippen molar-refractivity contribution < 1.29 is 19.1 Å². The quantitative estimate of drug-likeness (QED) is 0.453. The summed E-state index contributed by atoms with van der Waals surface area (Å²) in [4.78, 5) is 32.4. The molecule has 1 aromatic heterocycles. The maximum atomic E-state index is 13.2. The number of rotatable bonds is 11. The van der Waals surface area contributed by atoms with Crippen LogP contribution in [0.3, 0.4) is 0 Å². The highest BCUT2D eigenvalue weighted by Gasteiger charge is 2.22.